The van der Waals surface area contributed by atoms with Crippen molar-refractivity contribution >= 4 is 38.9 Å². The van der Waals surface area contributed by atoms with Crippen molar-refractivity contribution < 1.29 is 0 Å². The number of fused-ring (bicyclic) bond motifs is 3. The molecule has 264 valence electrons. The van der Waals surface area contributed by atoms with Gasteiger partial charge in [0, 0.05) is 39.0 Å². The Morgan fingerprint density at radius 3 is 1.46 bits per heavy atom. The van der Waals surface area contributed by atoms with Gasteiger partial charge >= 0.3 is 0 Å². The topological polar surface area (TPSA) is 8.17 Å². The van der Waals surface area contributed by atoms with Crippen LogP contribution in [0.25, 0.3) is 72.0 Å². The average molecular weight is 715 g/mol. The van der Waals surface area contributed by atoms with Crippen molar-refractivity contribution in [1.82, 2.24) is 4.57 Å². The molecular weight excluding hydrogens is 677 g/mol. The van der Waals surface area contributed by atoms with Crippen LogP contribution in [-0.4, -0.2) is 4.57 Å². The maximum Gasteiger partial charge on any atom is 0.0619 e. The van der Waals surface area contributed by atoms with Crippen LogP contribution in [0, 0.1) is 0 Å². The molecule has 0 N–H and O–H groups in total. The minimum atomic E-state index is 1.09. The predicted molar refractivity (Wildman–Crippen MR) is 237 cm³/mol. The molecule has 0 aliphatic rings. The molecule has 0 bridgehead atoms. The van der Waals surface area contributed by atoms with Crippen LogP contribution >= 0.6 is 0 Å². The molecule has 2 nitrogen and oxygen atoms in total. The summed E-state index contributed by atoms with van der Waals surface area (Å²) in [6.07, 6.45) is 0. The van der Waals surface area contributed by atoms with Crippen LogP contribution in [0.4, 0.5) is 17.1 Å². The highest BCUT2D eigenvalue weighted by molar-refractivity contribution is 6.14. The standard InChI is InChI=1S/C54H38N2/c1-4-19-39(20-5-1)44-25-10-11-26-46(44)47-27-12-13-28-48(47)49-29-14-16-33-52(49)55(41-21-6-2-7-22-41)43-37-35-40(36-38-43)45-31-18-32-51-50-30-15-17-34-53(50)56(54(45)51)42-23-8-3-9-24-42/h1-38H. The number of aromatic nitrogens is 1. The number of benzene rings is 9. The lowest BCUT2D eigenvalue weighted by Crippen LogP contribution is -2.11. The van der Waals surface area contributed by atoms with E-state index in [-0.39, 0.29) is 0 Å². The fraction of sp³-hybridized carbons (Fsp3) is 0. The second-order valence-corrected chi connectivity index (χ2v) is 14.1. The van der Waals surface area contributed by atoms with Crippen LogP contribution in [0.15, 0.2) is 231 Å². The van der Waals surface area contributed by atoms with E-state index in [2.05, 4.69) is 240 Å². The van der Waals surface area contributed by atoms with E-state index in [0.717, 1.165) is 28.3 Å². The van der Waals surface area contributed by atoms with Crippen LogP contribution < -0.4 is 4.90 Å². The number of hydrogen-bond acceptors (Lipinski definition) is 1. The summed E-state index contributed by atoms with van der Waals surface area (Å²) >= 11 is 0. The van der Waals surface area contributed by atoms with E-state index in [1.165, 1.54) is 60.8 Å². The second kappa shape index (κ2) is 14.4. The molecule has 1 aromatic heterocycles. The average Bonchev–Trinajstić information content (AvgIpc) is 3.63. The van der Waals surface area contributed by atoms with Crippen molar-refractivity contribution in [3.63, 3.8) is 0 Å². The lowest BCUT2D eigenvalue weighted by atomic mass is 9.88. The van der Waals surface area contributed by atoms with Crippen LogP contribution in [-0.2, 0) is 0 Å². The van der Waals surface area contributed by atoms with E-state index < -0.39 is 0 Å². The Labute approximate surface area is 327 Å². The van der Waals surface area contributed by atoms with Crippen molar-refractivity contribution in [2.24, 2.45) is 0 Å². The number of hydrogen-bond donors (Lipinski definition) is 0. The van der Waals surface area contributed by atoms with E-state index in [1.54, 1.807) is 0 Å². The summed E-state index contributed by atoms with van der Waals surface area (Å²) in [6, 6.07) is 82.9. The third-order valence-electron chi connectivity index (χ3n) is 10.8. The number of rotatable bonds is 8. The maximum atomic E-state index is 2.41. The van der Waals surface area contributed by atoms with Crippen LogP contribution in [0.2, 0.25) is 0 Å². The quantitative estimate of drug-likeness (QED) is 0.152. The molecule has 0 aliphatic heterocycles. The highest BCUT2D eigenvalue weighted by atomic mass is 15.1. The zero-order valence-corrected chi connectivity index (χ0v) is 30.8. The fourth-order valence-electron chi connectivity index (χ4n) is 8.33. The van der Waals surface area contributed by atoms with Gasteiger partial charge < -0.3 is 9.47 Å². The van der Waals surface area contributed by atoms with Gasteiger partial charge in [-0.15, -0.1) is 0 Å². The van der Waals surface area contributed by atoms with Crippen molar-refractivity contribution in [1.29, 1.82) is 0 Å². The van der Waals surface area contributed by atoms with Crippen molar-refractivity contribution in [3.8, 4) is 50.2 Å². The van der Waals surface area contributed by atoms with Crippen molar-refractivity contribution in [2.75, 3.05) is 4.90 Å². The molecule has 9 aromatic carbocycles. The first-order valence-corrected chi connectivity index (χ1v) is 19.2. The third kappa shape index (κ3) is 5.85. The summed E-state index contributed by atoms with van der Waals surface area (Å²) in [4.78, 5) is 2.39. The van der Waals surface area contributed by atoms with E-state index in [0.29, 0.717) is 0 Å². The maximum absolute atomic E-state index is 2.41. The fourth-order valence-corrected chi connectivity index (χ4v) is 8.33. The molecule has 0 aliphatic carbocycles. The van der Waals surface area contributed by atoms with Gasteiger partial charge in [-0.2, -0.15) is 0 Å². The summed E-state index contributed by atoms with van der Waals surface area (Å²) in [7, 11) is 0. The summed E-state index contributed by atoms with van der Waals surface area (Å²) in [6.45, 7) is 0. The molecule has 0 atom stereocenters. The monoisotopic (exact) mass is 714 g/mol. The minimum absolute atomic E-state index is 1.09. The largest absolute Gasteiger partial charge is 0.310 e. The summed E-state index contributed by atoms with van der Waals surface area (Å²) in [5.74, 6) is 0. The van der Waals surface area contributed by atoms with Crippen LogP contribution in [0.1, 0.15) is 0 Å². The Morgan fingerprint density at radius 2 is 0.750 bits per heavy atom. The Kier molecular flexibility index (Phi) is 8.55. The Balaban J connectivity index is 1.12. The molecule has 0 spiro atoms. The third-order valence-corrected chi connectivity index (χ3v) is 10.8. The summed E-state index contributed by atoms with van der Waals surface area (Å²) in [5, 5.41) is 2.50. The van der Waals surface area contributed by atoms with Crippen LogP contribution in [0.3, 0.4) is 0 Å². The predicted octanol–water partition coefficient (Wildman–Crippen LogP) is 14.9. The number of anilines is 3. The molecule has 56 heavy (non-hydrogen) atoms. The van der Waals surface area contributed by atoms with E-state index >= 15 is 0 Å². The molecule has 0 amide bonds. The summed E-state index contributed by atoms with van der Waals surface area (Å²) < 4.78 is 2.41. The van der Waals surface area contributed by atoms with Gasteiger partial charge in [-0.05, 0) is 81.9 Å². The molecule has 0 saturated carbocycles. The minimum Gasteiger partial charge on any atom is -0.310 e. The lowest BCUT2D eigenvalue weighted by molar-refractivity contribution is 1.18. The van der Waals surface area contributed by atoms with Gasteiger partial charge in [0.05, 0.1) is 16.7 Å². The number of para-hydroxylation sites is 5. The Hall–Kier alpha value is -7.42. The smallest absolute Gasteiger partial charge is 0.0619 e. The molecule has 10 aromatic rings. The normalized spacial score (nSPS) is 11.2. The summed E-state index contributed by atoms with van der Waals surface area (Å²) in [5.41, 5.74) is 16.4. The van der Waals surface area contributed by atoms with Gasteiger partial charge in [-0.3, -0.25) is 0 Å². The first-order chi connectivity index (χ1) is 27.8. The second-order valence-electron chi connectivity index (χ2n) is 14.1. The zero-order valence-electron chi connectivity index (χ0n) is 30.8. The molecule has 0 fully saturated rings. The highest BCUT2D eigenvalue weighted by Crippen LogP contribution is 2.46. The van der Waals surface area contributed by atoms with Gasteiger partial charge in [0.15, 0.2) is 0 Å². The SMILES string of the molecule is c1ccc(-c2ccccc2-c2ccccc2-c2ccccc2N(c2ccccc2)c2ccc(-c3cccc4c5ccccc5n(-c5ccccc5)c34)cc2)cc1. The Bertz CT molecular complexity index is 2940. The highest BCUT2D eigenvalue weighted by Gasteiger charge is 2.21. The molecular formula is C54H38N2. The van der Waals surface area contributed by atoms with E-state index in [4.69, 9.17) is 0 Å². The molecule has 0 radical (unpaired) electrons. The molecule has 1 heterocycles. The van der Waals surface area contributed by atoms with Gasteiger partial charge in [0.25, 0.3) is 0 Å². The van der Waals surface area contributed by atoms with Gasteiger partial charge in [-0.1, -0.05) is 182 Å². The first-order valence-electron chi connectivity index (χ1n) is 19.2. The van der Waals surface area contributed by atoms with E-state index in [9.17, 15) is 0 Å². The van der Waals surface area contributed by atoms with Crippen molar-refractivity contribution in [3.05, 3.63) is 231 Å². The van der Waals surface area contributed by atoms with Gasteiger partial charge in [0.2, 0.25) is 0 Å². The van der Waals surface area contributed by atoms with Gasteiger partial charge in [0.1, 0.15) is 0 Å². The lowest BCUT2D eigenvalue weighted by Gasteiger charge is -2.28. The van der Waals surface area contributed by atoms with Crippen LogP contribution in [0.5, 0.6) is 0 Å². The molecule has 0 saturated heterocycles. The zero-order chi connectivity index (χ0) is 37.3. The van der Waals surface area contributed by atoms with Crippen molar-refractivity contribution in [2.45, 2.75) is 0 Å². The molecule has 2 heteroatoms. The molecule has 10 rings (SSSR count). The Morgan fingerprint density at radius 1 is 0.286 bits per heavy atom. The van der Waals surface area contributed by atoms with Gasteiger partial charge in [-0.25, -0.2) is 0 Å². The van der Waals surface area contributed by atoms with E-state index in [1.807, 2.05) is 0 Å². The molecule has 0 unspecified atom stereocenters. The first kappa shape index (κ1) is 33.2. The number of nitrogens with zero attached hydrogens (tertiary/aromatic N) is 2.